The molecule has 2 rings (SSSR count). The van der Waals surface area contributed by atoms with Crippen LogP contribution in [0.4, 0.5) is 0 Å². The quantitative estimate of drug-likeness (QED) is 0.525. The summed E-state index contributed by atoms with van der Waals surface area (Å²) in [5.74, 6) is 0. The van der Waals surface area contributed by atoms with Crippen molar-refractivity contribution in [3.8, 4) is 0 Å². The highest BCUT2D eigenvalue weighted by atomic mass is 15.2. The van der Waals surface area contributed by atoms with Crippen LogP contribution in [-0.2, 0) is 0 Å². The molecule has 0 aromatic carbocycles. The molecule has 2 N–H and O–H groups in total. The smallest absolute Gasteiger partial charge is 0.0216 e. The van der Waals surface area contributed by atoms with E-state index in [0.717, 1.165) is 13.1 Å². The predicted octanol–water partition coefficient (Wildman–Crippen LogP) is 4.74. The molecule has 2 saturated heterocycles. The number of hydrogen-bond acceptors (Lipinski definition) is 4. The fraction of sp³-hybridized carbons (Fsp3) is 1.00. The summed E-state index contributed by atoms with van der Waals surface area (Å²) in [7, 11) is 4.55. The normalized spacial score (nSPS) is 31.0. The molecular weight excluding hydrogens is 368 g/mol. The third-order valence-electron chi connectivity index (χ3n) is 10.2. The van der Waals surface area contributed by atoms with E-state index in [0.29, 0.717) is 22.9 Å². The van der Waals surface area contributed by atoms with Gasteiger partial charge in [0.1, 0.15) is 0 Å². The maximum Gasteiger partial charge on any atom is 0.0216 e. The van der Waals surface area contributed by atoms with Crippen LogP contribution in [-0.4, -0.2) is 73.2 Å². The van der Waals surface area contributed by atoms with E-state index in [9.17, 15) is 0 Å². The van der Waals surface area contributed by atoms with Crippen LogP contribution in [0.15, 0.2) is 0 Å². The Bertz CT molecular complexity index is 489. The van der Waals surface area contributed by atoms with Crippen LogP contribution in [0.25, 0.3) is 0 Å². The van der Waals surface area contributed by atoms with Gasteiger partial charge in [-0.2, -0.15) is 0 Å². The average Bonchev–Trinajstić information content (AvgIpc) is 2.64. The van der Waals surface area contributed by atoms with Gasteiger partial charge in [-0.05, 0) is 104 Å². The summed E-state index contributed by atoms with van der Waals surface area (Å²) in [5, 5.41) is 7.82. The largest absolute Gasteiger partial charge is 0.313 e. The topological polar surface area (TPSA) is 30.5 Å². The van der Waals surface area contributed by atoms with Crippen LogP contribution in [0, 0.1) is 10.8 Å². The van der Waals surface area contributed by atoms with Gasteiger partial charge >= 0.3 is 0 Å². The van der Waals surface area contributed by atoms with Crippen LogP contribution in [0.2, 0.25) is 0 Å². The molecule has 0 aromatic rings. The molecule has 2 atom stereocenters. The minimum absolute atomic E-state index is 0.241. The van der Waals surface area contributed by atoms with Crippen molar-refractivity contribution in [2.45, 2.75) is 117 Å². The Morgan fingerprint density at radius 1 is 0.600 bits per heavy atom. The first-order chi connectivity index (χ1) is 13.8. The van der Waals surface area contributed by atoms with E-state index in [2.05, 4.69) is 89.9 Å². The van der Waals surface area contributed by atoms with Gasteiger partial charge in [-0.25, -0.2) is 0 Å². The highest BCUT2D eigenvalue weighted by Gasteiger charge is 2.49. The molecule has 178 valence electrons. The SMILES string of the molecule is CN1CCC(NCCCCCCNC2CCN(C)C(C)(C)C2(C)C)C(C)(C)C1(C)C. The molecule has 0 spiro atoms. The minimum Gasteiger partial charge on any atom is -0.313 e. The molecule has 0 aliphatic carbocycles. The second kappa shape index (κ2) is 9.77. The van der Waals surface area contributed by atoms with Crippen molar-refractivity contribution < 1.29 is 0 Å². The molecule has 2 fully saturated rings. The lowest BCUT2D eigenvalue weighted by atomic mass is 9.65. The van der Waals surface area contributed by atoms with E-state index in [1.54, 1.807) is 0 Å². The summed E-state index contributed by atoms with van der Waals surface area (Å²) in [6.07, 6.45) is 7.81. The fourth-order valence-corrected chi connectivity index (χ4v) is 5.63. The number of likely N-dealkylation sites (tertiary alicyclic amines) is 2. The van der Waals surface area contributed by atoms with Crippen molar-refractivity contribution in [3.63, 3.8) is 0 Å². The first kappa shape index (κ1) is 26.1. The minimum atomic E-state index is 0.241. The highest BCUT2D eigenvalue weighted by molar-refractivity contribution is 5.05. The second-order valence-electron chi connectivity index (χ2n) is 12.4. The molecule has 2 aliphatic heterocycles. The van der Waals surface area contributed by atoms with Gasteiger partial charge in [-0.1, -0.05) is 40.5 Å². The molecule has 0 aromatic heterocycles. The lowest BCUT2D eigenvalue weighted by molar-refractivity contribution is -0.0385. The number of piperidine rings is 2. The van der Waals surface area contributed by atoms with Crippen molar-refractivity contribution in [2.75, 3.05) is 40.3 Å². The van der Waals surface area contributed by atoms with Crippen LogP contribution in [0.3, 0.4) is 0 Å². The first-order valence-electron chi connectivity index (χ1n) is 12.7. The van der Waals surface area contributed by atoms with Gasteiger partial charge in [0.2, 0.25) is 0 Å². The molecule has 4 nitrogen and oxygen atoms in total. The number of unbranched alkanes of at least 4 members (excludes halogenated alkanes) is 3. The molecule has 2 heterocycles. The molecule has 0 radical (unpaired) electrons. The summed E-state index contributed by atoms with van der Waals surface area (Å²) in [5.41, 5.74) is 1.06. The second-order valence-corrected chi connectivity index (χ2v) is 12.4. The standard InChI is InChI=1S/C26H54N4/c1-23(2)21(15-19-29(9)25(23,5)6)27-17-13-11-12-14-18-28-22-16-20-30(10)26(7,8)24(22,3)4/h21-22,27-28H,11-20H2,1-10H3. The summed E-state index contributed by atoms with van der Waals surface area (Å²) < 4.78 is 0. The van der Waals surface area contributed by atoms with E-state index in [4.69, 9.17) is 0 Å². The van der Waals surface area contributed by atoms with E-state index < -0.39 is 0 Å². The van der Waals surface area contributed by atoms with Gasteiger partial charge in [0.15, 0.2) is 0 Å². The number of nitrogens with zero attached hydrogens (tertiary/aromatic N) is 2. The molecular formula is C26H54N4. The summed E-state index contributed by atoms with van der Waals surface area (Å²) in [6, 6.07) is 1.25. The molecule has 2 aliphatic rings. The van der Waals surface area contributed by atoms with E-state index in [1.165, 1.54) is 51.6 Å². The Morgan fingerprint density at radius 3 is 1.27 bits per heavy atom. The number of hydrogen-bond donors (Lipinski definition) is 2. The third-order valence-corrected chi connectivity index (χ3v) is 10.2. The summed E-state index contributed by atoms with van der Waals surface area (Å²) in [4.78, 5) is 5.07. The average molecular weight is 423 g/mol. The Hall–Kier alpha value is -0.160. The molecule has 0 bridgehead atoms. The van der Waals surface area contributed by atoms with Crippen molar-refractivity contribution >= 4 is 0 Å². The Labute approximate surface area is 188 Å². The Kier molecular flexibility index (Phi) is 8.50. The first-order valence-corrected chi connectivity index (χ1v) is 12.7. The van der Waals surface area contributed by atoms with Gasteiger partial charge in [-0.15, -0.1) is 0 Å². The lowest BCUT2D eigenvalue weighted by Crippen LogP contribution is -2.65. The fourth-order valence-electron chi connectivity index (χ4n) is 5.63. The highest BCUT2D eigenvalue weighted by Crippen LogP contribution is 2.43. The van der Waals surface area contributed by atoms with Gasteiger partial charge in [-0.3, -0.25) is 0 Å². The number of nitrogens with one attached hydrogen (secondary N) is 2. The maximum absolute atomic E-state index is 3.91. The Balaban J connectivity index is 1.62. The zero-order valence-corrected chi connectivity index (χ0v) is 22.1. The van der Waals surface area contributed by atoms with E-state index in [1.807, 2.05) is 0 Å². The van der Waals surface area contributed by atoms with Gasteiger partial charge in [0.05, 0.1) is 0 Å². The Morgan fingerprint density at radius 2 is 0.933 bits per heavy atom. The van der Waals surface area contributed by atoms with Crippen LogP contribution < -0.4 is 10.6 Å². The van der Waals surface area contributed by atoms with Crippen LogP contribution in [0.1, 0.15) is 93.9 Å². The van der Waals surface area contributed by atoms with Gasteiger partial charge in [0, 0.05) is 23.2 Å². The molecule has 0 saturated carbocycles. The predicted molar refractivity (Wildman–Crippen MR) is 132 cm³/mol. The summed E-state index contributed by atoms with van der Waals surface area (Å²) in [6.45, 7) is 24.1. The van der Waals surface area contributed by atoms with Crippen molar-refractivity contribution in [1.82, 2.24) is 20.4 Å². The van der Waals surface area contributed by atoms with Crippen LogP contribution >= 0.6 is 0 Å². The number of rotatable bonds is 9. The lowest BCUT2D eigenvalue weighted by Gasteiger charge is -2.56. The maximum atomic E-state index is 3.91. The van der Waals surface area contributed by atoms with E-state index >= 15 is 0 Å². The monoisotopic (exact) mass is 422 g/mol. The van der Waals surface area contributed by atoms with Gasteiger partial charge in [0.25, 0.3) is 0 Å². The third kappa shape index (κ3) is 5.08. The molecule has 0 amide bonds. The zero-order chi connectivity index (χ0) is 22.8. The van der Waals surface area contributed by atoms with Gasteiger partial charge < -0.3 is 20.4 Å². The van der Waals surface area contributed by atoms with E-state index in [-0.39, 0.29) is 11.1 Å². The molecule has 30 heavy (non-hydrogen) atoms. The van der Waals surface area contributed by atoms with Crippen molar-refractivity contribution in [1.29, 1.82) is 0 Å². The zero-order valence-electron chi connectivity index (χ0n) is 22.1. The molecule has 4 heteroatoms. The van der Waals surface area contributed by atoms with Crippen LogP contribution in [0.5, 0.6) is 0 Å². The van der Waals surface area contributed by atoms with Crippen molar-refractivity contribution in [2.24, 2.45) is 10.8 Å². The van der Waals surface area contributed by atoms with Crippen molar-refractivity contribution in [3.05, 3.63) is 0 Å². The summed E-state index contributed by atoms with van der Waals surface area (Å²) >= 11 is 0. The molecule has 2 unspecified atom stereocenters.